The normalized spacial score (nSPS) is 13.9. The highest BCUT2D eigenvalue weighted by Gasteiger charge is 2.37. The second kappa shape index (κ2) is 39.8. The van der Waals surface area contributed by atoms with E-state index < -0.39 is 108 Å². The van der Waals surface area contributed by atoms with Crippen LogP contribution in [0.5, 0.6) is 0 Å². The molecule has 9 atom stereocenters. The molecule has 33 nitrogen and oxygen atoms in total. The number of aromatic amines is 4. The number of para-hydroxylation sites is 4. The molecule has 0 aliphatic heterocycles. The van der Waals surface area contributed by atoms with E-state index in [1.54, 1.807) is 43.0 Å². The third-order valence-corrected chi connectivity index (χ3v) is 18.4. The third kappa shape index (κ3) is 24.0. The van der Waals surface area contributed by atoms with E-state index in [1.807, 2.05) is 92.7 Å². The molecule has 0 aliphatic rings. The number of H-pyrrole nitrogens is 4. The van der Waals surface area contributed by atoms with Crippen LogP contribution in [0.3, 0.4) is 0 Å². The SMILES string of the molecule is CC(C)C[C@H](NC(=O)[C@H](Cc1c[nH]c2ccccc12)NC(=O)[C@H](CCCNC(=N)N)NC(=O)[C@H](CCCCN)NC(=O)[C@@H](N)CCCNC(=N)N)C(=O)N[C@@H](Cc1c[nH]c2ccccc12)C(=O)N[C@@H](CCCNC(=N)N)C(=O)N[C@@H](Cc1c[nH]c2ccccc12)C(=O)N[C@@H](Cc1c[nH]c2ccccc12)C(=O)O. The zero-order chi connectivity index (χ0) is 77.1. The van der Waals surface area contributed by atoms with Gasteiger partial charge in [0, 0.05) is 114 Å². The predicted molar refractivity (Wildman–Crippen MR) is 409 cm³/mol. The molecule has 0 radical (unpaired) electrons. The van der Waals surface area contributed by atoms with E-state index in [-0.39, 0.29) is 121 Å². The fourth-order valence-electron chi connectivity index (χ4n) is 12.8. The van der Waals surface area contributed by atoms with Crippen molar-refractivity contribution in [2.45, 2.75) is 158 Å². The van der Waals surface area contributed by atoms with Crippen LogP contribution in [0, 0.1) is 22.1 Å². The van der Waals surface area contributed by atoms with Gasteiger partial charge in [0.25, 0.3) is 0 Å². The van der Waals surface area contributed by atoms with Crippen LogP contribution in [0.15, 0.2) is 122 Å². The number of nitrogens with one attached hydrogen (secondary N) is 18. The third-order valence-electron chi connectivity index (χ3n) is 18.4. The van der Waals surface area contributed by atoms with Crippen molar-refractivity contribution in [3.63, 3.8) is 0 Å². The van der Waals surface area contributed by atoms with E-state index >= 15 is 24.0 Å². The van der Waals surface area contributed by atoms with Gasteiger partial charge >= 0.3 is 5.97 Å². The Morgan fingerprint density at radius 2 is 0.645 bits per heavy atom. The number of unbranched alkanes of at least 4 members (excludes halogenated alkanes) is 1. The van der Waals surface area contributed by atoms with E-state index in [1.165, 1.54) is 0 Å². The van der Waals surface area contributed by atoms with Crippen LogP contribution in [0.4, 0.5) is 0 Å². The Kier molecular flexibility index (Phi) is 30.0. The summed E-state index contributed by atoms with van der Waals surface area (Å²) in [6, 6.07) is 16.8. The molecule has 0 spiro atoms. The smallest absolute Gasteiger partial charge is 0.326 e. The molecular formula is C74H101N23O10. The number of carbonyl (C=O) groups excluding carboxylic acids is 8. The monoisotopic (exact) mass is 1470 g/mol. The molecule has 8 rings (SSSR count). The van der Waals surface area contributed by atoms with Crippen LogP contribution in [0.1, 0.15) is 100 Å². The summed E-state index contributed by atoms with van der Waals surface area (Å²) in [4.78, 5) is 145. The minimum Gasteiger partial charge on any atom is -0.480 e. The molecule has 29 N–H and O–H groups in total. The van der Waals surface area contributed by atoms with Crippen LogP contribution in [-0.2, 0) is 68.8 Å². The second-order valence-electron chi connectivity index (χ2n) is 27.1. The Labute approximate surface area is 618 Å². The first kappa shape index (κ1) is 80.7. The lowest BCUT2D eigenvalue weighted by molar-refractivity contribution is -0.142. The lowest BCUT2D eigenvalue weighted by Gasteiger charge is -2.29. The van der Waals surface area contributed by atoms with Crippen molar-refractivity contribution in [3.05, 3.63) is 144 Å². The Balaban J connectivity index is 1.08. The van der Waals surface area contributed by atoms with Gasteiger partial charge in [-0.1, -0.05) is 86.6 Å². The number of guanidine groups is 3. The maximum atomic E-state index is 15.4. The number of amides is 8. The summed E-state index contributed by atoms with van der Waals surface area (Å²) in [5.74, 6) is -9.01. The highest BCUT2D eigenvalue weighted by molar-refractivity contribution is 6.00. The van der Waals surface area contributed by atoms with E-state index in [2.05, 4.69) is 78.4 Å². The molecule has 8 aromatic rings. The van der Waals surface area contributed by atoms with E-state index in [9.17, 15) is 24.3 Å². The number of carboxylic acids is 1. The number of carbonyl (C=O) groups is 9. The molecule has 0 bridgehead atoms. The summed E-state index contributed by atoms with van der Waals surface area (Å²) in [7, 11) is 0. The minimum absolute atomic E-state index is 0.0105. The highest BCUT2D eigenvalue weighted by atomic mass is 16.4. The summed E-state index contributed by atoms with van der Waals surface area (Å²) in [6.07, 6.45) is 7.77. The Bertz CT molecular complexity index is 4410. The maximum absolute atomic E-state index is 15.4. The first-order chi connectivity index (χ1) is 51.3. The molecule has 572 valence electrons. The van der Waals surface area contributed by atoms with Gasteiger partial charge in [-0.05, 0) is 123 Å². The zero-order valence-electron chi connectivity index (χ0n) is 60.1. The number of aliphatic carboxylic acids is 1. The minimum atomic E-state index is -1.50. The van der Waals surface area contributed by atoms with Gasteiger partial charge in [0.05, 0.1) is 6.04 Å². The molecule has 0 fully saturated rings. The molecule has 33 heteroatoms. The van der Waals surface area contributed by atoms with E-state index in [4.69, 9.17) is 44.9 Å². The lowest BCUT2D eigenvalue weighted by Crippen LogP contribution is -2.61. The van der Waals surface area contributed by atoms with Gasteiger partial charge in [0.15, 0.2) is 17.9 Å². The first-order valence-electron chi connectivity index (χ1n) is 35.9. The van der Waals surface area contributed by atoms with Crippen LogP contribution < -0.4 is 87.2 Å². The summed E-state index contributed by atoms with van der Waals surface area (Å²) in [5, 5.41) is 67.0. The van der Waals surface area contributed by atoms with Crippen LogP contribution in [-0.4, -0.2) is 177 Å². The van der Waals surface area contributed by atoms with Crippen molar-refractivity contribution < 1.29 is 48.3 Å². The molecule has 0 saturated heterocycles. The van der Waals surface area contributed by atoms with Gasteiger partial charge in [-0.3, -0.25) is 54.6 Å². The Hall–Kier alpha value is -12.0. The van der Waals surface area contributed by atoms with Crippen LogP contribution in [0.25, 0.3) is 43.6 Å². The van der Waals surface area contributed by atoms with Gasteiger partial charge in [-0.15, -0.1) is 0 Å². The second-order valence-corrected chi connectivity index (χ2v) is 27.1. The summed E-state index contributed by atoms with van der Waals surface area (Å²) in [5.41, 5.74) is 34.1. The molecule has 4 aromatic carbocycles. The molecule has 0 saturated carbocycles. The maximum Gasteiger partial charge on any atom is 0.326 e. The van der Waals surface area contributed by atoms with E-state index in [0.29, 0.717) is 63.3 Å². The number of carboxylic acid groups (broad SMARTS) is 1. The number of nitrogens with two attached hydrogens (primary N) is 5. The number of aromatic nitrogens is 4. The Morgan fingerprint density at radius 3 is 0.972 bits per heavy atom. The zero-order valence-corrected chi connectivity index (χ0v) is 60.1. The number of hydrogen-bond donors (Lipinski definition) is 24. The number of benzene rings is 4. The molecule has 4 aromatic heterocycles. The highest BCUT2D eigenvalue weighted by Crippen LogP contribution is 2.25. The van der Waals surface area contributed by atoms with E-state index in [0.717, 1.165) is 21.8 Å². The average Bonchev–Trinajstić information content (AvgIpc) is 1.72. The molecule has 4 heterocycles. The molecule has 0 aliphatic carbocycles. The van der Waals surface area contributed by atoms with Gasteiger partial charge in [-0.2, -0.15) is 0 Å². The van der Waals surface area contributed by atoms with Crippen molar-refractivity contribution in [1.82, 2.24) is 78.4 Å². The standard InChI is InChI=1S/C74H101N23O10/c1-41(2)32-58(93-69(104)60(34-43-38-87-52-22-8-4-17-47(43)52)94-65(100)56(26-14-30-84-73(79)80)91-64(99)55(25-11-12-28-75)90-63(98)50(76)20-13-29-83-72(77)78)67(102)96-59(33-42-37-86-51-21-7-3-16-46(42)51)68(103)92-57(27-15-31-85-74(81)82)66(101)95-61(35-44-39-88-53-23-9-5-18-48(44)53)70(105)97-62(71(106)107)36-45-40-89-54-24-10-6-19-49(45)54/h3-10,16-19,21-24,37-41,50,55-62,86-89H,11-15,20,25-36,75-76H2,1-2H3,(H,90,98)(H,91,99)(H,92,103)(H,93,104)(H,94,100)(H,95,101)(H,96,102)(H,97,105)(H,106,107)(H4,77,78,83)(H4,79,80,84)(H4,81,82,85)/t50-,55-,56-,57-,58-,59-,60-,61-,62-/m0/s1. The van der Waals surface area contributed by atoms with Crippen molar-refractivity contribution >= 4 is 115 Å². The van der Waals surface area contributed by atoms with Gasteiger partial charge in [-0.25, -0.2) is 4.79 Å². The molecule has 8 amide bonds. The largest absolute Gasteiger partial charge is 0.480 e. The van der Waals surface area contributed by atoms with Crippen molar-refractivity contribution in [2.24, 2.45) is 34.6 Å². The number of hydrogen-bond acceptors (Lipinski definition) is 14. The van der Waals surface area contributed by atoms with Gasteiger partial charge in [0.2, 0.25) is 47.3 Å². The van der Waals surface area contributed by atoms with Gasteiger partial charge in [0.1, 0.15) is 48.3 Å². The molecule has 0 unspecified atom stereocenters. The van der Waals surface area contributed by atoms with Crippen molar-refractivity contribution in [1.29, 1.82) is 16.2 Å². The fraction of sp³-hybridized carbons (Fsp3) is 0.405. The summed E-state index contributed by atoms with van der Waals surface area (Å²) >= 11 is 0. The van der Waals surface area contributed by atoms with Gasteiger partial charge < -0.3 is 112 Å². The Morgan fingerprint density at radius 1 is 0.374 bits per heavy atom. The number of rotatable bonds is 43. The topological polar surface area (TPSA) is 571 Å². The fourth-order valence-corrected chi connectivity index (χ4v) is 12.8. The van der Waals surface area contributed by atoms with Crippen LogP contribution in [0.2, 0.25) is 0 Å². The van der Waals surface area contributed by atoms with Crippen LogP contribution >= 0.6 is 0 Å². The predicted octanol–water partition coefficient (Wildman–Crippen LogP) is 1.14. The molecule has 107 heavy (non-hydrogen) atoms. The summed E-state index contributed by atoms with van der Waals surface area (Å²) < 4.78 is 0. The lowest BCUT2D eigenvalue weighted by atomic mass is 9.99. The first-order valence-corrected chi connectivity index (χ1v) is 35.9. The quantitative estimate of drug-likeness (QED) is 0.0145. The average molecular weight is 1470 g/mol. The number of fused-ring (bicyclic) bond motifs is 4. The van der Waals surface area contributed by atoms with Crippen molar-refractivity contribution in [3.8, 4) is 0 Å². The van der Waals surface area contributed by atoms with Crippen molar-refractivity contribution in [2.75, 3.05) is 26.2 Å². The molecular weight excluding hydrogens is 1370 g/mol. The summed E-state index contributed by atoms with van der Waals surface area (Å²) in [6.45, 7) is 4.37.